The van der Waals surface area contributed by atoms with Gasteiger partial charge >= 0.3 is 0 Å². The van der Waals surface area contributed by atoms with Gasteiger partial charge in [-0.3, -0.25) is 0 Å². The van der Waals surface area contributed by atoms with Crippen LogP contribution in [0, 0.1) is 0 Å². The van der Waals surface area contributed by atoms with Crippen molar-refractivity contribution in [1.82, 2.24) is 19.5 Å². The molecule has 0 N–H and O–H groups in total. The van der Waals surface area contributed by atoms with E-state index in [1.54, 1.807) is 11.3 Å². The second-order valence-electron chi connectivity index (χ2n) is 11.5. The highest BCUT2D eigenvalue weighted by atomic mass is 32.1. The Labute approximate surface area is 309 Å². The van der Waals surface area contributed by atoms with Crippen LogP contribution >= 0.6 is 11.3 Å². The van der Waals surface area contributed by atoms with Crippen molar-refractivity contribution >= 4 is 53.3 Å². The van der Waals surface area contributed by atoms with Crippen molar-refractivity contribution in [2.45, 2.75) is 0 Å². The lowest BCUT2D eigenvalue weighted by molar-refractivity contribution is 1.08. The monoisotopic (exact) mass is 668 g/mol. The van der Waals surface area contributed by atoms with Gasteiger partial charge in [-0.15, -0.1) is 11.3 Å². The van der Waals surface area contributed by atoms with E-state index in [4.69, 9.17) is 27.3 Å². The van der Waals surface area contributed by atoms with Gasteiger partial charge in [-0.2, -0.15) is 0 Å². The SMILES string of the molecule is [2H]c1c([2H])c([2H])c(-n2c3c([2H])c([2H])c([2H])c([2H])c3c3c([2H])c(-c4nc(-c5cccc(-c6ccccc6)c5)nc(-c5cccc6c5sc5ccccc56)n4)c([2H])c([2H])c32)c([2H])c1[2H]. The van der Waals surface area contributed by atoms with E-state index in [0.29, 0.717) is 11.1 Å². The van der Waals surface area contributed by atoms with E-state index in [0.717, 1.165) is 35.9 Å². The van der Waals surface area contributed by atoms with Gasteiger partial charge in [-0.05, 0) is 65.6 Å². The molecule has 4 nitrogen and oxygen atoms in total. The van der Waals surface area contributed by atoms with Gasteiger partial charge in [0.25, 0.3) is 0 Å². The van der Waals surface area contributed by atoms with Gasteiger partial charge in [0, 0.05) is 53.3 Å². The smallest absolute Gasteiger partial charge is 0.165 e. The van der Waals surface area contributed by atoms with Crippen molar-refractivity contribution in [3.05, 3.63) is 170 Å². The summed E-state index contributed by atoms with van der Waals surface area (Å²) in [6, 6.07) is 23.4. The molecular weight excluding hydrogens is 629 g/mol. The van der Waals surface area contributed by atoms with Gasteiger partial charge < -0.3 is 4.57 Å². The standard InChI is InChI=1S/C45H28N4S/c1-3-13-29(14-4-1)30-15-11-16-31(27-30)43-46-44(48-45(47-43)37-22-12-21-36-35-20-8-10-24-41(35)50-42(36)37)32-25-26-40-38(28-32)34-19-7-9-23-39(34)49(40)33-17-5-2-6-18-33/h1-28H/i2D,5D,6D,7D,9D,17D,18D,19D,23D,25D,26D,28D. The van der Waals surface area contributed by atoms with E-state index in [1.165, 1.54) is 0 Å². The van der Waals surface area contributed by atoms with Gasteiger partial charge in [0.2, 0.25) is 0 Å². The summed E-state index contributed by atoms with van der Waals surface area (Å²) in [5.74, 6) is 0.277. The minimum atomic E-state index is -0.715. The van der Waals surface area contributed by atoms with Crippen molar-refractivity contribution < 1.29 is 16.4 Å². The van der Waals surface area contributed by atoms with Gasteiger partial charge in [0.15, 0.2) is 17.5 Å². The Morgan fingerprint density at radius 3 is 2.06 bits per heavy atom. The summed E-state index contributed by atoms with van der Waals surface area (Å²) in [5, 5.41) is 1.57. The van der Waals surface area contributed by atoms with Crippen LogP contribution in [-0.4, -0.2) is 19.5 Å². The molecule has 234 valence electrons. The predicted octanol–water partition coefficient (Wildman–Crippen LogP) is 12.0. The lowest BCUT2D eigenvalue weighted by atomic mass is 10.0. The van der Waals surface area contributed by atoms with Gasteiger partial charge in [-0.1, -0.05) is 115 Å². The lowest BCUT2D eigenvalue weighted by Crippen LogP contribution is -2.00. The van der Waals surface area contributed by atoms with Crippen LogP contribution in [0.3, 0.4) is 0 Å². The van der Waals surface area contributed by atoms with Crippen LogP contribution in [-0.2, 0) is 0 Å². The normalized spacial score (nSPS) is 15.0. The number of hydrogen-bond acceptors (Lipinski definition) is 4. The first-order valence-electron chi connectivity index (χ1n) is 21.7. The lowest BCUT2D eigenvalue weighted by Gasteiger charge is -2.11. The molecule has 0 radical (unpaired) electrons. The second kappa shape index (κ2) is 11.6. The molecule has 3 aromatic heterocycles. The highest BCUT2D eigenvalue weighted by molar-refractivity contribution is 7.26. The average Bonchev–Trinajstić information content (AvgIpc) is 3.86. The predicted molar refractivity (Wildman–Crippen MR) is 209 cm³/mol. The van der Waals surface area contributed by atoms with Crippen molar-refractivity contribution in [2.75, 3.05) is 0 Å². The van der Waals surface area contributed by atoms with E-state index < -0.39 is 78.2 Å². The number of para-hydroxylation sites is 2. The van der Waals surface area contributed by atoms with Gasteiger partial charge in [0.1, 0.15) is 0 Å². The number of fused-ring (bicyclic) bond motifs is 6. The summed E-state index contributed by atoms with van der Waals surface area (Å²) < 4.78 is 110. The minimum absolute atomic E-state index is 0.150. The molecule has 5 heteroatoms. The number of rotatable bonds is 5. The molecule has 0 bridgehead atoms. The second-order valence-corrected chi connectivity index (χ2v) is 12.6. The van der Waals surface area contributed by atoms with E-state index in [9.17, 15) is 4.11 Å². The average molecular weight is 669 g/mol. The van der Waals surface area contributed by atoms with Crippen molar-refractivity contribution in [2.24, 2.45) is 0 Å². The zero-order valence-corrected chi connectivity index (χ0v) is 26.8. The summed E-state index contributed by atoms with van der Waals surface area (Å²) in [5.41, 5.74) is 1.71. The summed E-state index contributed by atoms with van der Waals surface area (Å²) >= 11 is 1.56. The third-order valence-electron chi connectivity index (χ3n) is 8.60. The first-order valence-corrected chi connectivity index (χ1v) is 16.5. The Morgan fingerprint density at radius 2 is 1.16 bits per heavy atom. The summed E-state index contributed by atoms with van der Waals surface area (Å²) in [7, 11) is 0. The van der Waals surface area contributed by atoms with E-state index >= 15 is 0 Å². The topological polar surface area (TPSA) is 43.6 Å². The molecule has 0 spiro atoms. The molecule has 3 heterocycles. The fourth-order valence-electron chi connectivity index (χ4n) is 6.33. The van der Waals surface area contributed by atoms with Gasteiger partial charge in [0.05, 0.1) is 27.5 Å². The molecule has 0 saturated heterocycles. The molecule has 7 aromatic carbocycles. The Balaban J connectivity index is 1.33. The zero-order chi connectivity index (χ0) is 43.5. The Kier molecular flexibility index (Phi) is 4.40. The largest absolute Gasteiger partial charge is 0.309 e. The molecule has 10 aromatic rings. The molecule has 0 aliphatic heterocycles. The van der Waals surface area contributed by atoms with Crippen LogP contribution in [0.2, 0.25) is 0 Å². The Morgan fingerprint density at radius 1 is 0.480 bits per heavy atom. The van der Waals surface area contributed by atoms with Crippen LogP contribution in [0.25, 0.3) is 93.0 Å². The molecule has 0 aliphatic carbocycles. The summed E-state index contributed by atoms with van der Waals surface area (Å²) in [6.45, 7) is 0. The van der Waals surface area contributed by atoms with Crippen LogP contribution < -0.4 is 0 Å². The summed E-state index contributed by atoms with van der Waals surface area (Å²) in [6.07, 6.45) is 0. The molecule has 0 saturated carbocycles. The Hall–Kier alpha value is -6.43. The van der Waals surface area contributed by atoms with E-state index in [2.05, 4.69) is 0 Å². The molecule has 50 heavy (non-hydrogen) atoms. The zero-order valence-electron chi connectivity index (χ0n) is 37.9. The number of thiophene rings is 1. The van der Waals surface area contributed by atoms with Gasteiger partial charge in [-0.25, -0.2) is 15.0 Å². The first-order chi connectivity index (χ1) is 29.8. The maximum absolute atomic E-state index is 9.83. The van der Waals surface area contributed by atoms with Crippen molar-refractivity contribution in [3.63, 3.8) is 0 Å². The third kappa shape index (κ3) is 4.71. The van der Waals surface area contributed by atoms with Crippen molar-refractivity contribution in [3.8, 4) is 51.0 Å². The maximum Gasteiger partial charge on any atom is 0.165 e. The van der Waals surface area contributed by atoms with Crippen molar-refractivity contribution in [1.29, 1.82) is 0 Å². The molecule has 0 unspecified atom stereocenters. The quantitative estimate of drug-likeness (QED) is 0.183. The highest BCUT2D eigenvalue weighted by Gasteiger charge is 2.19. The van der Waals surface area contributed by atoms with Crippen LogP contribution in [0.4, 0.5) is 0 Å². The van der Waals surface area contributed by atoms with E-state index in [-0.39, 0.29) is 44.8 Å². The molecule has 0 amide bonds. The fraction of sp³-hybridized carbons (Fsp3) is 0. The highest BCUT2D eigenvalue weighted by Crippen LogP contribution is 2.40. The van der Waals surface area contributed by atoms with Crippen LogP contribution in [0.1, 0.15) is 16.4 Å². The fourth-order valence-corrected chi connectivity index (χ4v) is 7.55. The minimum Gasteiger partial charge on any atom is -0.309 e. The number of aromatic nitrogens is 4. The molecule has 0 atom stereocenters. The van der Waals surface area contributed by atoms with E-state index in [1.807, 2.05) is 97.1 Å². The number of hydrogen-bond donors (Lipinski definition) is 0. The molecule has 0 fully saturated rings. The number of nitrogens with zero attached hydrogens (tertiary/aromatic N) is 4. The van der Waals surface area contributed by atoms with Crippen LogP contribution in [0.5, 0.6) is 0 Å². The molecule has 0 aliphatic rings. The first kappa shape index (κ1) is 18.9. The summed E-state index contributed by atoms with van der Waals surface area (Å²) in [4.78, 5) is 14.8. The third-order valence-corrected chi connectivity index (χ3v) is 9.82. The molecular formula is C45H28N4S. The van der Waals surface area contributed by atoms with Crippen LogP contribution in [0.15, 0.2) is 170 Å². The Bertz CT molecular complexity index is 3540. The maximum atomic E-state index is 9.83. The number of benzene rings is 7. The molecule has 10 rings (SSSR count).